The molecule has 0 spiro atoms. The Morgan fingerprint density at radius 3 is 2.57 bits per heavy atom. The fraction of sp³-hybridized carbons (Fsp3) is 0.450. The number of morpholine rings is 1. The second kappa shape index (κ2) is 17.5. The van der Waals surface area contributed by atoms with Gasteiger partial charge in [-0.2, -0.15) is 9.40 Å². The normalized spacial score (nSPS) is 14.7. The van der Waals surface area contributed by atoms with Crippen molar-refractivity contribution in [3.05, 3.63) is 83.3 Å². The van der Waals surface area contributed by atoms with Gasteiger partial charge >= 0.3 is 5.97 Å². The van der Waals surface area contributed by atoms with Crippen LogP contribution in [-0.4, -0.2) is 103 Å². The van der Waals surface area contributed by atoms with Gasteiger partial charge in [0.05, 0.1) is 49.4 Å². The molecule has 6 rings (SSSR count). The van der Waals surface area contributed by atoms with Crippen LogP contribution in [0.4, 0.5) is 0 Å². The molecule has 0 amide bonds. The first-order valence-electron chi connectivity index (χ1n) is 18.4. The van der Waals surface area contributed by atoms with E-state index in [2.05, 4.69) is 28.1 Å². The van der Waals surface area contributed by atoms with E-state index in [4.69, 9.17) is 30.9 Å². The Kier molecular flexibility index (Phi) is 12.8. The number of esters is 1. The number of carbonyl (C=O) groups excluding carboxylic acids is 1. The number of ether oxygens (including phenoxy) is 3. The number of aromatic nitrogens is 3. The van der Waals surface area contributed by atoms with Crippen LogP contribution in [0, 0.1) is 6.92 Å². The van der Waals surface area contributed by atoms with Crippen molar-refractivity contribution in [2.45, 2.75) is 45.6 Å². The van der Waals surface area contributed by atoms with Crippen molar-refractivity contribution in [1.82, 2.24) is 24.0 Å². The van der Waals surface area contributed by atoms with E-state index < -0.39 is 22.0 Å². The smallest absolute Gasteiger partial charge is 0.355 e. The molecule has 13 heteroatoms. The number of halogens is 1. The predicted molar refractivity (Wildman–Crippen MR) is 210 cm³/mol. The molecule has 2 aromatic heterocycles. The van der Waals surface area contributed by atoms with E-state index in [-0.39, 0.29) is 18.2 Å². The highest BCUT2D eigenvalue weighted by molar-refractivity contribution is 7.89. The van der Waals surface area contributed by atoms with Crippen LogP contribution in [0.2, 0.25) is 0 Å². The van der Waals surface area contributed by atoms with Crippen molar-refractivity contribution < 1.29 is 27.4 Å². The average Bonchev–Trinajstić information content (AvgIpc) is 3.69. The van der Waals surface area contributed by atoms with E-state index in [0.717, 1.165) is 62.9 Å². The number of rotatable bonds is 17. The van der Waals surface area contributed by atoms with Crippen LogP contribution >= 0.6 is 11.6 Å². The average molecular weight is 764 g/mol. The second-order valence-corrected chi connectivity index (χ2v) is 16.0. The van der Waals surface area contributed by atoms with Gasteiger partial charge in [0.15, 0.2) is 0 Å². The van der Waals surface area contributed by atoms with E-state index >= 15 is 0 Å². The summed E-state index contributed by atoms with van der Waals surface area (Å²) in [5.74, 6) is 0.614. The number of H-pyrrole nitrogens is 1. The topological polar surface area (TPSA) is 119 Å². The third-order valence-corrected chi connectivity index (χ3v) is 12.4. The minimum Gasteiger partial charge on any atom is -0.493 e. The molecule has 0 saturated carbocycles. The number of aromatic amines is 1. The van der Waals surface area contributed by atoms with Gasteiger partial charge in [-0.1, -0.05) is 54.6 Å². The molecule has 0 bridgehead atoms. The van der Waals surface area contributed by atoms with E-state index in [1.165, 1.54) is 4.31 Å². The van der Waals surface area contributed by atoms with Crippen LogP contribution < -0.4 is 4.74 Å². The molecular formula is C40H50ClN5O6S. The van der Waals surface area contributed by atoms with Gasteiger partial charge in [-0.05, 0) is 56.5 Å². The maximum Gasteiger partial charge on any atom is 0.355 e. The van der Waals surface area contributed by atoms with Gasteiger partial charge in [-0.25, -0.2) is 13.2 Å². The lowest BCUT2D eigenvalue weighted by Crippen LogP contribution is -2.40. The summed E-state index contributed by atoms with van der Waals surface area (Å²) in [6, 6.07) is 19.6. The van der Waals surface area contributed by atoms with Crippen LogP contribution in [-0.2, 0) is 33.0 Å². The van der Waals surface area contributed by atoms with Crippen molar-refractivity contribution in [2.24, 2.45) is 7.05 Å². The van der Waals surface area contributed by atoms with Gasteiger partial charge in [0.1, 0.15) is 11.4 Å². The van der Waals surface area contributed by atoms with Crippen LogP contribution in [0.25, 0.3) is 32.8 Å². The van der Waals surface area contributed by atoms with Gasteiger partial charge < -0.3 is 19.2 Å². The number of para-hydroxylation sites is 1. The quantitative estimate of drug-likeness (QED) is 0.0620. The first kappa shape index (κ1) is 38.8. The summed E-state index contributed by atoms with van der Waals surface area (Å²) in [6.07, 6.45) is 2.13. The van der Waals surface area contributed by atoms with Crippen LogP contribution in [0.3, 0.4) is 0 Å². The molecule has 1 fully saturated rings. The van der Waals surface area contributed by atoms with Crippen molar-refractivity contribution in [3.8, 4) is 16.9 Å². The van der Waals surface area contributed by atoms with E-state index in [0.29, 0.717) is 63.4 Å². The molecule has 11 nitrogen and oxygen atoms in total. The Morgan fingerprint density at radius 2 is 1.79 bits per heavy atom. The molecule has 0 radical (unpaired) electrons. The zero-order valence-electron chi connectivity index (χ0n) is 31.1. The number of hydrogen-bond donors (Lipinski definition) is 1. The Bertz CT molecular complexity index is 2140. The second-order valence-electron chi connectivity index (χ2n) is 13.5. The maximum atomic E-state index is 13.7. The lowest BCUT2D eigenvalue weighted by Gasteiger charge is -2.31. The highest BCUT2D eigenvalue weighted by Crippen LogP contribution is 2.40. The first-order valence-corrected chi connectivity index (χ1v) is 20.6. The molecule has 3 heterocycles. The number of nitrogens with zero attached hydrogens (tertiary/aromatic N) is 4. The molecule has 1 aliphatic heterocycles. The summed E-state index contributed by atoms with van der Waals surface area (Å²) < 4.78 is 48.1. The third kappa shape index (κ3) is 8.57. The Labute approximate surface area is 317 Å². The molecule has 0 aliphatic carbocycles. The Balaban J connectivity index is 1.37. The Hall–Kier alpha value is -3.94. The summed E-state index contributed by atoms with van der Waals surface area (Å²) in [5.41, 5.74) is 5.27. The lowest BCUT2D eigenvalue weighted by atomic mass is 9.95. The predicted octanol–water partition coefficient (Wildman–Crippen LogP) is 6.87. The van der Waals surface area contributed by atoms with Gasteiger partial charge in [-0.15, -0.1) is 11.6 Å². The summed E-state index contributed by atoms with van der Waals surface area (Å²) in [4.78, 5) is 19.2. The zero-order chi connectivity index (χ0) is 37.5. The molecule has 1 atom stereocenters. The lowest BCUT2D eigenvalue weighted by molar-refractivity contribution is 0.0351. The number of hydrogen-bond acceptors (Lipinski definition) is 8. The van der Waals surface area contributed by atoms with Crippen molar-refractivity contribution in [3.63, 3.8) is 0 Å². The van der Waals surface area contributed by atoms with Crippen LogP contribution in [0.15, 0.2) is 60.7 Å². The van der Waals surface area contributed by atoms with Gasteiger partial charge in [0, 0.05) is 67.2 Å². The number of nitrogens with one attached hydrogen (secondary N) is 1. The summed E-state index contributed by atoms with van der Waals surface area (Å²) in [5, 5.41) is 8.07. The molecule has 1 N–H and O–H groups in total. The molecule has 1 aliphatic rings. The summed E-state index contributed by atoms with van der Waals surface area (Å²) >= 11 is 5.94. The molecule has 1 saturated heterocycles. The number of aryl methyl sites for hydroxylation is 2. The van der Waals surface area contributed by atoms with Crippen LogP contribution in [0.1, 0.15) is 59.7 Å². The minimum absolute atomic E-state index is 0.0507. The number of benzene rings is 3. The van der Waals surface area contributed by atoms with Crippen molar-refractivity contribution in [2.75, 3.05) is 64.7 Å². The molecular weight excluding hydrogens is 714 g/mol. The maximum absolute atomic E-state index is 13.7. The number of sulfonamides is 1. The van der Waals surface area contributed by atoms with Gasteiger partial charge in [0.2, 0.25) is 10.0 Å². The first-order chi connectivity index (χ1) is 25.6. The fourth-order valence-electron chi connectivity index (χ4n) is 7.27. The standard InChI is InChI=1S/C40H50ClN5O6S/c1-5-51-40(47)38-32(17-10-24-52-35-18-8-13-29-12-6-7-14-30(29)35)31-15-9-16-33(37(31)42-38)36-28(2)44(3)43-39(36)34(19-21-46-22-25-50-26-23-46)45(4)53(48,49)27-11-20-41/h6-9,12-16,18,34,42H,5,10-11,17,19-27H2,1-4H3. The zero-order valence-corrected chi connectivity index (χ0v) is 32.6. The largest absolute Gasteiger partial charge is 0.493 e. The SMILES string of the molecule is CCOC(=O)c1[nH]c2c(-c3c(C(CCN4CCOCC4)N(C)S(=O)(=O)CCCCl)nn(C)c3C)cccc2c1CCCOc1cccc2ccccc12. The van der Waals surface area contributed by atoms with E-state index in [9.17, 15) is 13.2 Å². The van der Waals surface area contributed by atoms with Crippen molar-refractivity contribution >= 4 is 49.3 Å². The summed E-state index contributed by atoms with van der Waals surface area (Å²) in [7, 11) is -0.132. The number of fused-ring (bicyclic) bond motifs is 2. The molecule has 53 heavy (non-hydrogen) atoms. The molecule has 5 aromatic rings. The highest BCUT2D eigenvalue weighted by Gasteiger charge is 2.34. The number of alkyl halides is 1. The molecule has 284 valence electrons. The minimum atomic E-state index is -3.66. The van der Waals surface area contributed by atoms with E-state index in [1.54, 1.807) is 14.0 Å². The number of carbonyl (C=O) groups is 1. The summed E-state index contributed by atoms with van der Waals surface area (Å²) in [6.45, 7) is 8.06. The van der Waals surface area contributed by atoms with Crippen LogP contribution in [0.5, 0.6) is 5.75 Å². The van der Waals surface area contributed by atoms with Crippen molar-refractivity contribution in [1.29, 1.82) is 0 Å². The third-order valence-electron chi connectivity index (χ3n) is 10.2. The molecule has 1 unspecified atom stereocenters. The Morgan fingerprint density at radius 1 is 1.06 bits per heavy atom. The van der Waals surface area contributed by atoms with E-state index in [1.807, 2.05) is 61.1 Å². The highest BCUT2D eigenvalue weighted by atomic mass is 35.5. The van der Waals surface area contributed by atoms with Gasteiger partial charge in [0.25, 0.3) is 0 Å². The monoisotopic (exact) mass is 763 g/mol. The molecule has 3 aromatic carbocycles. The van der Waals surface area contributed by atoms with Gasteiger partial charge in [-0.3, -0.25) is 9.58 Å². The fourth-order valence-corrected chi connectivity index (χ4v) is 8.95.